The zero-order valence-electron chi connectivity index (χ0n) is 17.7. The van der Waals surface area contributed by atoms with Gasteiger partial charge in [-0.2, -0.15) is 0 Å². The molecule has 1 aromatic carbocycles. The summed E-state index contributed by atoms with van der Waals surface area (Å²) >= 11 is 5.72. The lowest BCUT2D eigenvalue weighted by Crippen LogP contribution is -2.45. The molecule has 0 spiro atoms. The number of nitrogens with zero attached hydrogens (tertiary/aromatic N) is 4. The molecule has 3 heterocycles. The highest BCUT2D eigenvalue weighted by atomic mass is 35.5. The number of hydrogen-bond donors (Lipinski definition) is 2. The molecule has 4 rings (SSSR count). The minimum Gasteiger partial charge on any atom is -0.394 e. The molecular formula is C22H25ClFN5O3. The van der Waals surface area contributed by atoms with Crippen molar-refractivity contribution in [3.05, 3.63) is 57.9 Å². The van der Waals surface area contributed by atoms with Crippen LogP contribution in [-0.2, 0) is 24.2 Å². The number of amides is 3. The number of nitrogens with one attached hydrogen (secondary N) is 1. The van der Waals surface area contributed by atoms with E-state index in [2.05, 4.69) is 15.3 Å². The third kappa shape index (κ3) is 4.83. The van der Waals surface area contributed by atoms with Crippen molar-refractivity contribution in [1.29, 1.82) is 0 Å². The smallest absolute Gasteiger partial charge is 0.318 e. The van der Waals surface area contributed by atoms with Gasteiger partial charge in [-0.25, -0.2) is 19.2 Å². The topological polar surface area (TPSA) is 98.7 Å². The zero-order valence-corrected chi connectivity index (χ0v) is 18.5. The van der Waals surface area contributed by atoms with Crippen LogP contribution in [0.1, 0.15) is 35.1 Å². The standard InChI is InChI=1S/C22H25ClFN5O3/c1-28-10-13(7-21(28)31)6-20-25-9-15-4-5-29(11-18(15)26-20)22(32)27-19(12-30)14-2-3-16(23)17(24)8-14/h2-3,8-9,13,19,30H,4-7,10-12H2,1H3,(H,27,32)/t13?,19-/m1/s1. The molecule has 3 amide bonds. The van der Waals surface area contributed by atoms with Crippen molar-refractivity contribution in [2.45, 2.75) is 31.8 Å². The Hall–Kier alpha value is -2.78. The molecule has 10 heteroatoms. The highest BCUT2D eigenvalue weighted by Gasteiger charge is 2.29. The molecule has 32 heavy (non-hydrogen) atoms. The zero-order chi connectivity index (χ0) is 22.8. The van der Waals surface area contributed by atoms with Crippen molar-refractivity contribution in [2.24, 2.45) is 5.92 Å². The fraction of sp³-hybridized carbons (Fsp3) is 0.455. The molecule has 170 valence electrons. The van der Waals surface area contributed by atoms with Crippen LogP contribution in [0.3, 0.4) is 0 Å². The minimum atomic E-state index is -0.756. The fourth-order valence-electron chi connectivity index (χ4n) is 4.17. The molecule has 1 aromatic heterocycles. The van der Waals surface area contributed by atoms with Gasteiger partial charge < -0.3 is 20.2 Å². The quantitative estimate of drug-likeness (QED) is 0.710. The Morgan fingerprint density at radius 1 is 1.44 bits per heavy atom. The summed E-state index contributed by atoms with van der Waals surface area (Å²) in [6.45, 7) is 1.11. The summed E-state index contributed by atoms with van der Waals surface area (Å²) < 4.78 is 13.8. The maximum atomic E-state index is 13.8. The Morgan fingerprint density at radius 2 is 2.25 bits per heavy atom. The van der Waals surface area contributed by atoms with Gasteiger partial charge in [0.05, 0.1) is 29.9 Å². The van der Waals surface area contributed by atoms with Crippen molar-refractivity contribution in [2.75, 3.05) is 26.7 Å². The normalized spacial score (nSPS) is 19.1. The SMILES string of the molecule is CN1CC(Cc2ncc3c(n2)CN(C(=O)N[C@H](CO)c2ccc(Cl)c(F)c2)CC3)CC1=O. The number of hydrogen-bond acceptors (Lipinski definition) is 5. The van der Waals surface area contributed by atoms with E-state index < -0.39 is 11.9 Å². The van der Waals surface area contributed by atoms with Crippen molar-refractivity contribution >= 4 is 23.5 Å². The maximum absolute atomic E-state index is 13.8. The molecule has 0 bridgehead atoms. The number of carbonyl (C=O) groups excluding carboxylic acids is 2. The number of urea groups is 1. The number of likely N-dealkylation sites (tertiary alicyclic amines) is 1. The van der Waals surface area contributed by atoms with Crippen molar-refractivity contribution in [3.8, 4) is 0 Å². The number of rotatable bonds is 5. The van der Waals surface area contributed by atoms with E-state index >= 15 is 0 Å². The van der Waals surface area contributed by atoms with E-state index in [1.54, 1.807) is 29.1 Å². The number of benzene rings is 1. The predicted molar refractivity (Wildman–Crippen MR) is 115 cm³/mol. The first-order valence-corrected chi connectivity index (χ1v) is 10.9. The second-order valence-electron chi connectivity index (χ2n) is 8.34. The predicted octanol–water partition coefficient (Wildman–Crippen LogP) is 2.09. The van der Waals surface area contributed by atoms with Gasteiger partial charge in [-0.05, 0) is 35.6 Å². The van der Waals surface area contributed by atoms with E-state index in [1.165, 1.54) is 12.1 Å². The highest BCUT2D eigenvalue weighted by Crippen LogP contribution is 2.23. The fourth-order valence-corrected chi connectivity index (χ4v) is 4.29. The van der Waals surface area contributed by atoms with Gasteiger partial charge in [0.1, 0.15) is 11.6 Å². The van der Waals surface area contributed by atoms with Gasteiger partial charge in [0.2, 0.25) is 5.91 Å². The number of aromatic nitrogens is 2. The Morgan fingerprint density at radius 3 is 2.94 bits per heavy atom. The molecule has 2 N–H and O–H groups in total. The van der Waals surface area contributed by atoms with Crippen molar-refractivity contribution in [3.63, 3.8) is 0 Å². The minimum absolute atomic E-state index is 0.0199. The van der Waals surface area contributed by atoms with Crippen LogP contribution in [0.25, 0.3) is 0 Å². The monoisotopic (exact) mass is 461 g/mol. The van der Waals surface area contributed by atoms with Gasteiger partial charge in [-0.3, -0.25) is 4.79 Å². The number of carbonyl (C=O) groups is 2. The Kier molecular flexibility index (Phi) is 6.57. The average molecular weight is 462 g/mol. The molecule has 1 unspecified atom stereocenters. The second kappa shape index (κ2) is 9.38. The third-order valence-electron chi connectivity index (χ3n) is 6.00. The summed E-state index contributed by atoms with van der Waals surface area (Å²) in [5.74, 6) is 0.389. The van der Waals surface area contributed by atoms with E-state index in [0.29, 0.717) is 50.3 Å². The second-order valence-corrected chi connectivity index (χ2v) is 8.74. The molecule has 0 radical (unpaired) electrons. The van der Waals surface area contributed by atoms with E-state index in [4.69, 9.17) is 11.6 Å². The summed E-state index contributed by atoms with van der Waals surface area (Å²) in [6, 6.07) is 3.05. The molecule has 0 saturated carbocycles. The van der Waals surface area contributed by atoms with Gasteiger partial charge in [-0.15, -0.1) is 0 Å². The molecule has 1 saturated heterocycles. The van der Waals surface area contributed by atoms with Crippen LogP contribution < -0.4 is 5.32 Å². The van der Waals surface area contributed by atoms with E-state index in [-0.39, 0.29) is 29.5 Å². The third-order valence-corrected chi connectivity index (χ3v) is 6.31. The first-order chi connectivity index (χ1) is 15.3. The van der Waals surface area contributed by atoms with Crippen LogP contribution in [0, 0.1) is 11.7 Å². The molecule has 2 aliphatic heterocycles. The highest BCUT2D eigenvalue weighted by molar-refractivity contribution is 6.30. The number of halogens is 2. The van der Waals surface area contributed by atoms with E-state index in [1.807, 2.05) is 0 Å². The molecule has 0 aliphatic carbocycles. The van der Waals surface area contributed by atoms with Crippen molar-refractivity contribution in [1.82, 2.24) is 25.1 Å². The van der Waals surface area contributed by atoms with Gasteiger partial charge in [-0.1, -0.05) is 17.7 Å². The lowest BCUT2D eigenvalue weighted by atomic mass is 10.0. The largest absolute Gasteiger partial charge is 0.394 e. The Balaban J connectivity index is 1.41. The summed E-state index contributed by atoms with van der Waals surface area (Å²) in [4.78, 5) is 37.0. The first-order valence-electron chi connectivity index (χ1n) is 10.5. The van der Waals surface area contributed by atoms with Crippen LogP contribution in [-0.4, -0.2) is 63.6 Å². The van der Waals surface area contributed by atoms with Gasteiger partial charge >= 0.3 is 6.03 Å². The molecule has 1 fully saturated rings. The Bertz CT molecular complexity index is 1040. The number of aliphatic hydroxyl groups is 1. The van der Waals surface area contributed by atoms with Gasteiger partial charge in [0.15, 0.2) is 0 Å². The Labute approximate surface area is 190 Å². The van der Waals surface area contributed by atoms with Crippen molar-refractivity contribution < 1.29 is 19.1 Å². The van der Waals surface area contributed by atoms with Crippen LogP contribution >= 0.6 is 11.6 Å². The lowest BCUT2D eigenvalue weighted by Gasteiger charge is -2.30. The summed E-state index contributed by atoms with van der Waals surface area (Å²) in [5, 5.41) is 12.5. The van der Waals surface area contributed by atoms with Gasteiger partial charge in [0.25, 0.3) is 0 Å². The lowest BCUT2D eigenvalue weighted by molar-refractivity contribution is -0.126. The maximum Gasteiger partial charge on any atom is 0.318 e. The van der Waals surface area contributed by atoms with Crippen LogP contribution in [0.4, 0.5) is 9.18 Å². The molecule has 2 aromatic rings. The van der Waals surface area contributed by atoms with Gasteiger partial charge in [0, 0.05) is 39.2 Å². The summed E-state index contributed by atoms with van der Waals surface area (Å²) in [5.41, 5.74) is 2.21. The number of aliphatic hydroxyl groups excluding tert-OH is 1. The molecule has 2 aliphatic rings. The number of fused-ring (bicyclic) bond motifs is 1. The van der Waals surface area contributed by atoms with E-state index in [0.717, 1.165) is 11.3 Å². The summed E-state index contributed by atoms with van der Waals surface area (Å²) in [7, 11) is 1.80. The molecular weight excluding hydrogens is 437 g/mol. The van der Waals surface area contributed by atoms with E-state index in [9.17, 15) is 19.1 Å². The van der Waals surface area contributed by atoms with Crippen LogP contribution in [0.2, 0.25) is 5.02 Å². The first kappa shape index (κ1) is 22.4. The molecule has 2 atom stereocenters. The average Bonchev–Trinajstić information content (AvgIpc) is 3.09. The summed E-state index contributed by atoms with van der Waals surface area (Å²) in [6.07, 6.45) is 3.54. The van der Waals surface area contributed by atoms with Crippen LogP contribution in [0.15, 0.2) is 24.4 Å². The molecule has 8 nitrogen and oxygen atoms in total. The van der Waals surface area contributed by atoms with Crippen LogP contribution in [0.5, 0.6) is 0 Å².